The van der Waals surface area contributed by atoms with Gasteiger partial charge in [-0.2, -0.15) is 0 Å². The predicted molar refractivity (Wildman–Crippen MR) is 126 cm³/mol. The van der Waals surface area contributed by atoms with E-state index in [0.717, 1.165) is 12.5 Å². The Kier molecular flexibility index (Phi) is 9.26. The number of aromatic nitrogens is 2. The van der Waals surface area contributed by atoms with E-state index in [2.05, 4.69) is 4.98 Å². The molecular weight excluding hydrogens is 428 g/mol. The molecule has 0 saturated heterocycles. The minimum atomic E-state index is -0.762. The number of nitrogens with one attached hydrogen (secondary N) is 1. The van der Waals surface area contributed by atoms with Gasteiger partial charge in [0, 0.05) is 19.2 Å². The number of carbonyl (C=O) groups is 2. The van der Waals surface area contributed by atoms with Crippen LogP contribution in [-0.4, -0.2) is 34.6 Å². The summed E-state index contributed by atoms with van der Waals surface area (Å²) in [5, 5.41) is 0. The van der Waals surface area contributed by atoms with Crippen molar-refractivity contribution in [2.45, 2.75) is 53.5 Å². The van der Waals surface area contributed by atoms with Crippen LogP contribution in [0.3, 0.4) is 0 Å². The topological polar surface area (TPSA) is 141 Å². The lowest BCUT2D eigenvalue weighted by atomic mass is 10.1. The van der Waals surface area contributed by atoms with Gasteiger partial charge in [-0.15, -0.1) is 0 Å². The standard InChI is InChI=1S/C23H32N4O6/c1-5-6-12-27-21(24)20(22(30)25-23(27)31)26(13-11-15(2)3)18(28)14-32-19(29)10-9-17-8-7-16(4)33-17/h7-10,15H,5-6,11-14,24H2,1-4H3,(H,25,30,31). The van der Waals surface area contributed by atoms with Crippen LogP contribution >= 0.6 is 0 Å². The molecule has 0 bridgehead atoms. The van der Waals surface area contributed by atoms with Crippen molar-refractivity contribution in [1.82, 2.24) is 9.55 Å². The van der Waals surface area contributed by atoms with Gasteiger partial charge < -0.3 is 19.8 Å². The van der Waals surface area contributed by atoms with Crippen molar-refractivity contribution in [2.24, 2.45) is 5.92 Å². The third-order valence-electron chi connectivity index (χ3n) is 4.93. The lowest BCUT2D eigenvalue weighted by Gasteiger charge is -2.25. The monoisotopic (exact) mass is 460 g/mol. The highest BCUT2D eigenvalue weighted by molar-refractivity contribution is 5.98. The maximum absolute atomic E-state index is 13.0. The fourth-order valence-electron chi connectivity index (χ4n) is 3.08. The molecule has 0 aromatic carbocycles. The van der Waals surface area contributed by atoms with Crippen molar-refractivity contribution in [1.29, 1.82) is 0 Å². The normalized spacial score (nSPS) is 11.3. The van der Waals surface area contributed by atoms with Crippen LogP contribution in [0.25, 0.3) is 6.08 Å². The van der Waals surface area contributed by atoms with Crippen LogP contribution in [0.2, 0.25) is 0 Å². The molecule has 0 radical (unpaired) electrons. The molecule has 10 nitrogen and oxygen atoms in total. The molecule has 0 atom stereocenters. The molecule has 10 heteroatoms. The Balaban J connectivity index is 2.24. The first-order valence-corrected chi connectivity index (χ1v) is 11.0. The fraction of sp³-hybridized carbons (Fsp3) is 0.478. The van der Waals surface area contributed by atoms with E-state index in [1.54, 1.807) is 19.1 Å². The number of furan rings is 1. The van der Waals surface area contributed by atoms with Gasteiger partial charge in [0.25, 0.3) is 11.5 Å². The molecule has 2 heterocycles. The van der Waals surface area contributed by atoms with Crippen LogP contribution in [-0.2, 0) is 20.9 Å². The summed E-state index contributed by atoms with van der Waals surface area (Å²) < 4.78 is 11.6. The number of esters is 1. The summed E-state index contributed by atoms with van der Waals surface area (Å²) in [6.45, 7) is 7.57. The highest BCUT2D eigenvalue weighted by Gasteiger charge is 2.25. The number of anilines is 2. The average molecular weight is 461 g/mol. The number of aryl methyl sites for hydroxylation is 1. The zero-order chi connectivity index (χ0) is 24.5. The highest BCUT2D eigenvalue weighted by Crippen LogP contribution is 2.19. The Morgan fingerprint density at radius 2 is 2.03 bits per heavy atom. The van der Waals surface area contributed by atoms with Gasteiger partial charge in [-0.1, -0.05) is 27.2 Å². The minimum Gasteiger partial charge on any atom is -0.462 e. The van der Waals surface area contributed by atoms with Crippen molar-refractivity contribution in [2.75, 3.05) is 23.8 Å². The molecule has 2 aromatic rings. The van der Waals surface area contributed by atoms with Crippen LogP contribution in [0.1, 0.15) is 51.6 Å². The lowest BCUT2D eigenvalue weighted by Crippen LogP contribution is -2.43. The first-order chi connectivity index (χ1) is 15.6. The zero-order valence-electron chi connectivity index (χ0n) is 19.6. The Morgan fingerprint density at radius 1 is 1.30 bits per heavy atom. The van der Waals surface area contributed by atoms with Crippen LogP contribution in [0.4, 0.5) is 11.5 Å². The van der Waals surface area contributed by atoms with Crippen molar-refractivity contribution < 1.29 is 18.7 Å². The van der Waals surface area contributed by atoms with Gasteiger partial charge in [0.1, 0.15) is 17.3 Å². The number of rotatable bonds is 11. The molecule has 2 aromatic heterocycles. The van der Waals surface area contributed by atoms with Gasteiger partial charge in [0.05, 0.1) is 0 Å². The third-order valence-corrected chi connectivity index (χ3v) is 4.93. The summed E-state index contributed by atoms with van der Waals surface area (Å²) in [5.41, 5.74) is 4.65. The first kappa shape index (κ1) is 25.7. The first-order valence-electron chi connectivity index (χ1n) is 11.0. The minimum absolute atomic E-state index is 0.0892. The number of nitrogens with zero attached hydrogens (tertiary/aromatic N) is 2. The van der Waals surface area contributed by atoms with E-state index in [4.69, 9.17) is 14.9 Å². The third kappa shape index (κ3) is 7.23. The van der Waals surface area contributed by atoms with Crippen LogP contribution < -0.4 is 21.9 Å². The number of nitrogen functional groups attached to an aromatic ring is 1. The summed E-state index contributed by atoms with van der Waals surface area (Å²) in [5.74, 6) is -0.0484. The summed E-state index contributed by atoms with van der Waals surface area (Å²) in [4.78, 5) is 53.3. The molecule has 2 rings (SSSR count). The number of hydrogen-bond donors (Lipinski definition) is 2. The van der Waals surface area contributed by atoms with Gasteiger partial charge in [-0.3, -0.25) is 19.1 Å². The molecule has 1 amide bonds. The summed E-state index contributed by atoms with van der Waals surface area (Å²) >= 11 is 0. The second-order valence-electron chi connectivity index (χ2n) is 8.12. The molecule has 3 N–H and O–H groups in total. The lowest BCUT2D eigenvalue weighted by molar-refractivity contribution is -0.142. The van der Waals surface area contributed by atoms with Gasteiger partial charge in [-0.25, -0.2) is 9.59 Å². The molecule has 0 saturated carbocycles. The van der Waals surface area contributed by atoms with Gasteiger partial charge in [-0.05, 0) is 43.9 Å². The van der Waals surface area contributed by atoms with E-state index in [-0.39, 0.29) is 24.0 Å². The second kappa shape index (κ2) is 11.9. The molecule has 0 fully saturated rings. The van der Waals surface area contributed by atoms with E-state index in [1.165, 1.54) is 15.5 Å². The molecule has 0 unspecified atom stereocenters. The maximum Gasteiger partial charge on any atom is 0.331 e. The number of carbonyl (C=O) groups excluding carboxylic acids is 2. The Labute approximate surface area is 192 Å². The van der Waals surface area contributed by atoms with Gasteiger partial charge in [0.2, 0.25) is 0 Å². The zero-order valence-corrected chi connectivity index (χ0v) is 19.6. The number of aromatic amines is 1. The summed E-state index contributed by atoms with van der Waals surface area (Å²) in [7, 11) is 0. The van der Waals surface area contributed by atoms with E-state index < -0.39 is 29.7 Å². The fourth-order valence-corrected chi connectivity index (χ4v) is 3.08. The smallest absolute Gasteiger partial charge is 0.331 e. The van der Waals surface area contributed by atoms with E-state index in [1.807, 2.05) is 20.8 Å². The number of ether oxygens (including phenoxy) is 1. The summed E-state index contributed by atoms with van der Waals surface area (Å²) in [6.07, 6.45) is 4.65. The molecule has 0 aliphatic carbocycles. The predicted octanol–water partition coefficient (Wildman–Crippen LogP) is 2.46. The van der Waals surface area contributed by atoms with Crippen LogP contribution in [0.5, 0.6) is 0 Å². The number of hydrogen-bond acceptors (Lipinski definition) is 7. The van der Waals surface area contributed by atoms with Crippen molar-refractivity contribution in [3.63, 3.8) is 0 Å². The quantitative estimate of drug-likeness (QED) is 0.388. The van der Waals surface area contributed by atoms with Crippen LogP contribution in [0.15, 0.2) is 32.2 Å². The number of amides is 1. The molecular formula is C23H32N4O6. The summed E-state index contributed by atoms with van der Waals surface area (Å²) in [6, 6.07) is 3.45. The molecule has 0 aliphatic rings. The maximum atomic E-state index is 13.0. The number of H-pyrrole nitrogens is 1. The highest BCUT2D eigenvalue weighted by atomic mass is 16.5. The molecule has 33 heavy (non-hydrogen) atoms. The SMILES string of the molecule is CCCCn1c(N)c(N(CCC(C)C)C(=O)COC(=O)C=Cc2ccc(C)o2)c(=O)[nH]c1=O. The molecule has 0 aliphatic heterocycles. The number of nitrogens with two attached hydrogens (primary N) is 1. The number of unbranched alkanes of at least 4 members (excludes halogenated alkanes) is 1. The van der Waals surface area contributed by atoms with Gasteiger partial charge >= 0.3 is 11.7 Å². The Hall–Kier alpha value is -3.56. The van der Waals surface area contributed by atoms with Gasteiger partial charge in [0.15, 0.2) is 12.3 Å². The van der Waals surface area contributed by atoms with E-state index in [0.29, 0.717) is 30.9 Å². The molecule has 0 spiro atoms. The Bertz CT molecular complexity index is 1110. The van der Waals surface area contributed by atoms with Crippen molar-refractivity contribution >= 4 is 29.5 Å². The van der Waals surface area contributed by atoms with E-state index in [9.17, 15) is 19.2 Å². The second-order valence-corrected chi connectivity index (χ2v) is 8.12. The molecule has 180 valence electrons. The largest absolute Gasteiger partial charge is 0.462 e. The van der Waals surface area contributed by atoms with Crippen molar-refractivity contribution in [3.05, 3.63) is 50.6 Å². The van der Waals surface area contributed by atoms with Crippen LogP contribution in [0, 0.1) is 12.8 Å². The Morgan fingerprint density at radius 3 is 2.64 bits per heavy atom. The average Bonchev–Trinajstić information content (AvgIpc) is 3.17. The van der Waals surface area contributed by atoms with E-state index >= 15 is 0 Å². The van der Waals surface area contributed by atoms with Crippen molar-refractivity contribution in [3.8, 4) is 0 Å².